The summed E-state index contributed by atoms with van der Waals surface area (Å²) >= 11 is 0. The lowest BCUT2D eigenvalue weighted by Gasteiger charge is -2.20. The molecule has 0 spiro atoms. The van der Waals surface area contributed by atoms with E-state index < -0.39 is 20.4 Å². The average Bonchev–Trinajstić information content (AvgIpc) is 2.47. The van der Waals surface area contributed by atoms with Gasteiger partial charge in [-0.15, -0.1) is 0 Å². The molecule has 0 aliphatic heterocycles. The summed E-state index contributed by atoms with van der Waals surface area (Å²) in [7, 11) is -8.33. The topological polar surface area (TPSA) is 94.8 Å². The molecule has 5 nitrogen and oxygen atoms in total. The fraction of sp³-hybridized carbons (Fsp3) is 0.700. The van der Waals surface area contributed by atoms with E-state index in [0.29, 0.717) is 6.42 Å². The Kier molecular flexibility index (Phi) is 12.7. The highest BCUT2D eigenvalue weighted by molar-refractivity contribution is 7.73. The van der Waals surface area contributed by atoms with Gasteiger partial charge in [0.2, 0.25) is 7.37 Å². The van der Waals surface area contributed by atoms with E-state index in [1.807, 2.05) is 0 Å². The average molecular weight is 420 g/mol. The minimum atomic E-state index is -4.54. The zero-order valence-corrected chi connectivity index (χ0v) is 19.3. The number of hydrogen-bond donors (Lipinski definition) is 3. The molecule has 0 rings (SSSR count). The van der Waals surface area contributed by atoms with Gasteiger partial charge in [0.1, 0.15) is 5.40 Å². The Balaban J connectivity index is 4.18. The van der Waals surface area contributed by atoms with Crippen LogP contribution in [0.15, 0.2) is 34.9 Å². The Hall–Kier alpha value is -0.440. The second kappa shape index (κ2) is 12.9. The molecular formula is C20H38O5P2. The summed E-state index contributed by atoms with van der Waals surface area (Å²) in [5.41, 5.74) is 4.07. The van der Waals surface area contributed by atoms with Gasteiger partial charge >= 0.3 is 7.60 Å². The molecule has 0 heterocycles. The first-order chi connectivity index (χ1) is 12.3. The van der Waals surface area contributed by atoms with E-state index in [2.05, 4.69) is 45.9 Å². The van der Waals surface area contributed by atoms with Crippen LogP contribution < -0.4 is 0 Å². The van der Waals surface area contributed by atoms with Crippen molar-refractivity contribution in [3.63, 3.8) is 0 Å². The van der Waals surface area contributed by atoms with E-state index in [1.165, 1.54) is 16.7 Å². The van der Waals surface area contributed by atoms with Crippen LogP contribution in [0.4, 0.5) is 0 Å². The summed E-state index contributed by atoms with van der Waals surface area (Å²) in [6.45, 7) is 9.52. The van der Waals surface area contributed by atoms with Crippen LogP contribution in [0.5, 0.6) is 0 Å². The third kappa shape index (κ3) is 14.2. The zero-order chi connectivity index (χ0) is 21.1. The number of rotatable bonds is 13. The van der Waals surface area contributed by atoms with Crippen molar-refractivity contribution < 1.29 is 23.8 Å². The standard InChI is InChI=1S/C20H38O5P2/c1-17(2)11-9-13-19(4)15-10-14-18(3)12-7-6-8-16-20(26(5,21)22)27(23,24)25/h11-12,15,20H,6-10,13-14,16H2,1-5H3,(H,21,22)(H2,23,24,25)/b18-12+,19-15+. The minimum absolute atomic E-state index is 0.0784. The van der Waals surface area contributed by atoms with Crippen LogP contribution in [-0.4, -0.2) is 26.7 Å². The maximum Gasteiger partial charge on any atom is 0.338 e. The molecule has 0 fully saturated rings. The molecule has 0 aromatic carbocycles. The van der Waals surface area contributed by atoms with E-state index in [0.717, 1.165) is 45.2 Å². The SMILES string of the molecule is CC(C)=CCC/C(C)=C/CC/C(C)=C/CCCCC(P(C)(=O)O)P(=O)(O)O. The molecule has 0 aliphatic carbocycles. The molecule has 3 N–H and O–H groups in total. The molecule has 2 atom stereocenters. The molecule has 7 heteroatoms. The smallest absolute Gasteiger partial charge is 0.338 e. The van der Waals surface area contributed by atoms with Gasteiger partial charge in [-0.25, -0.2) is 0 Å². The van der Waals surface area contributed by atoms with Gasteiger partial charge in [0.15, 0.2) is 0 Å². The largest absolute Gasteiger partial charge is 0.344 e. The highest BCUT2D eigenvalue weighted by Crippen LogP contribution is 2.61. The number of hydrogen-bond acceptors (Lipinski definition) is 2. The molecule has 0 saturated heterocycles. The van der Waals surface area contributed by atoms with Gasteiger partial charge in [0, 0.05) is 6.66 Å². The molecule has 27 heavy (non-hydrogen) atoms. The Morgan fingerprint density at radius 3 is 1.74 bits per heavy atom. The normalized spacial score (nSPS) is 16.7. The second-order valence-corrected chi connectivity index (χ2v) is 12.5. The highest BCUT2D eigenvalue weighted by Gasteiger charge is 2.39. The van der Waals surface area contributed by atoms with Crippen molar-refractivity contribution in [3.8, 4) is 0 Å². The van der Waals surface area contributed by atoms with Gasteiger partial charge in [0.25, 0.3) is 0 Å². The summed E-state index contributed by atoms with van der Waals surface area (Å²) in [6.07, 6.45) is 13.1. The molecular weight excluding hydrogens is 382 g/mol. The predicted molar refractivity (Wildman–Crippen MR) is 115 cm³/mol. The van der Waals surface area contributed by atoms with Crippen LogP contribution >= 0.6 is 15.0 Å². The van der Waals surface area contributed by atoms with Gasteiger partial charge in [-0.3, -0.25) is 9.13 Å². The van der Waals surface area contributed by atoms with Crippen molar-refractivity contribution in [3.05, 3.63) is 34.9 Å². The zero-order valence-electron chi connectivity index (χ0n) is 17.5. The van der Waals surface area contributed by atoms with Crippen LogP contribution in [0, 0.1) is 0 Å². The maximum absolute atomic E-state index is 11.6. The van der Waals surface area contributed by atoms with E-state index in [9.17, 15) is 23.8 Å². The van der Waals surface area contributed by atoms with Gasteiger partial charge in [-0.05, 0) is 72.6 Å². The molecule has 0 saturated carbocycles. The van der Waals surface area contributed by atoms with Crippen molar-refractivity contribution in [2.24, 2.45) is 0 Å². The maximum atomic E-state index is 11.6. The number of unbranched alkanes of at least 4 members (excludes halogenated alkanes) is 2. The van der Waals surface area contributed by atoms with Gasteiger partial charge in [0.05, 0.1) is 0 Å². The first-order valence-corrected chi connectivity index (χ1v) is 13.5. The lowest BCUT2D eigenvalue weighted by molar-refractivity contribution is 0.359. The van der Waals surface area contributed by atoms with Crippen molar-refractivity contribution in [2.75, 3.05) is 6.66 Å². The fourth-order valence-corrected chi connectivity index (χ4v) is 6.26. The first-order valence-electron chi connectivity index (χ1n) is 9.63. The van der Waals surface area contributed by atoms with E-state index in [4.69, 9.17) is 0 Å². The Labute approximate surface area is 165 Å². The van der Waals surface area contributed by atoms with Crippen molar-refractivity contribution >= 4 is 15.0 Å². The van der Waals surface area contributed by atoms with Crippen molar-refractivity contribution in [1.29, 1.82) is 0 Å². The van der Waals surface area contributed by atoms with Crippen LogP contribution in [0.25, 0.3) is 0 Å². The van der Waals surface area contributed by atoms with Crippen LogP contribution in [0.2, 0.25) is 0 Å². The summed E-state index contributed by atoms with van der Waals surface area (Å²) in [6, 6.07) is 0. The third-order valence-electron chi connectivity index (χ3n) is 4.47. The lowest BCUT2D eigenvalue weighted by atomic mass is 10.1. The Bertz CT molecular complexity index is 596. The summed E-state index contributed by atoms with van der Waals surface area (Å²) in [5.74, 6) is 0. The van der Waals surface area contributed by atoms with E-state index in [-0.39, 0.29) is 6.42 Å². The quantitative estimate of drug-likeness (QED) is 0.183. The van der Waals surface area contributed by atoms with Gasteiger partial charge in [-0.2, -0.15) is 0 Å². The Morgan fingerprint density at radius 2 is 1.30 bits per heavy atom. The summed E-state index contributed by atoms with van der Waals surface area (Å²) in [4.78, 5) is 28.0. The molecule has 0 bridgehead atoms. The van der Waals surface area contributed by atoms with E-state index in [1.54, 1.807) is 0 Å². The minimum Gasteiger partial charge on any atom is -0.344 e. The molecule has 0 aromatic heterocycles. The monoisotopic (exact) mass is 420 g/mol. The van der Waals surface area contributed by atoms with Crippen molar-refractivity contribution in [2.45, 2.75) is 84.5 Å². The fourth-order valence-electron chi connectivity index (χ4n) is 2.85. The molecule has 0 radical (unpaired) electrons. The van der Waals surface area contributed by atoms with Gasteiger partial charge in [-0.1, -0.05) is 41.4 Å². The van der Waals surface area contributed by atoms with E-state index >= 15 is 0 Å². The third-order valence-corrected chi connectivity index (χ3v) is 9.06. The first kappa shape index (κ1) is 26.6. The van der Waals surface area contributed by atoms with Crippen LogP contribution in [-0.2, 0) is 9.13 Å². The van der Waals surface area contributed by atoms with Crippen molar-refractivity contribution in [1.82, 2.24) is 0 Å². The van der Waals surface area contributed by atoms with Gasteiger partial charge < -0.3 is 14.7 Å². The van der Waals surface area contributed by atoms with Crippen LogP contribution in [0.1, 0.15) is 79.1 Å². The molecule has 2 unspecified atom stereocenters. The van der Waals surface area contributed by atoms with Crippen LogP contribution in [0.3, 0.4) is 0 Å². The predicted octanol–water partition coefficient (Wildman–Crippen LogP) is 6.37. The molecule has 0 aliphatic rings. The highest BCUT2D eigenvalue weighted by atomic mass is 31.2. The molecule has 0 amide bonds. The summed E-state index contributed by atoms with van der Waals surface area (Å²) in [5, 5.41) is -1.44. The summed E-state index contributed by atoms with van der Waals surface area (Å²) < 4.78 is 23.0. The Morgan fingerprint density at radius 1 is 0.815 bits per heavy atom. The molecule has 158 valence electrons. The number of allylic oxidation sites excluding steroid dienone is 6. The molecule has 0 aromatic rings. The lowest BCUT2D eigenvalue weighted by Crippen LogP contribution is -2.08. The second-order valence-electron chi connectivity index (χ2n) is 7.76.